The van der Waals surface area contributed by atoms with Crippen molar-refractivity contribution in [3.8, 4) is 0 Å². The largest absolute Gasteiger partial charge is 0.336 e. The van der Waals surface area contributed by atoms with Crippen molar-refractivity contribution in [2.24, 2.45) is 5.73 Å². The van der Waals surface area contributed by atoms with Crippen LogP contribution in [0.25, 0.3) is 0 Å². The highest BCUT2D eigenvalue weighted by Crippen LogP contribution is 2.11. The Hall–Kier alpha value is -0.720. The van der Waals surface area contributed by atoms with Crippen LogP contribution in [-0.4, -0.2) is 38.7 Å². The molecule has 0 aromatic carbocycles. The highest BCUT2D eigenvalue weighted by Gasteiger charge is 2.23. The topological polar surface area (TPSA) is 72.1 Å². The van der Waals surface area contributed by atoms with Gasteiger partial charge in [-0.25, -0.2) is 0 Å². The molecule has 1 saturated heterocycles. The second kappa shape index (κ2) is 5.39. The van der Waals surface area contributed by atoms with Crippen molar-refractivity contribution >= 4 is 30.0 Å². The molecule has 1 aliphatic heterocycles. The lowest BCUT2D eigenvalue weighted by Gasteiger charge is -2.30. The van der Waals surface area contributed by atoms with E-state index in [4.69, 9.17) is 5.73 Å². The molecule has 0 spiro atoms. The summed E-state index contributed by atoms with van der Waals surface area (Å²) in [5, 5.41) is 0. The van der Waals surface area contributed by atoms with Crippen molar-refractivity contribution in [3.05, 3.63) is 11.9 Å². The molecule has 1 amide bonds. The van der Waals surface area contributed by atoms with Gasteiger partial charge in [0.2, 0.25) is 0 Å². The first-order chi connectivity index (χ1) is 6.77. The lowest BCUT2D eigenvalue weighted by Crippen LogP contribution is -2.45. The van der Waals surface area contributed by atoms with Crippen LogP contribution in [-0.2, 0) is 0 Å². The molecule has 1 unspecified atom stereocenters. The molecular formula is C8H13ClN4OS. The van der Waals surface area contributed by atoms with E-state index in [9.17, 15) is 4.79 Å². The van der Waals surface area contributed by atoms with Crippen LogP contribution in [0.15, 0.2) is 6.20 Å². The number of likely N-dealkylation sites (tertiary alicyclic amines) is 1. The maximum Gasteiger partial charge on any atom is 0.275 e. The van der Waals surface area contributed by atoms with E-state index in [1.165, 1.54) is 6.20 Å². The molecule has 1 aromatic heterocycles. The predicted molar refractivity (Wildman–Crippen MR) is 60.3 cm³/mol. The van der Waals surface area contributed by atoms with Gasteiger partial charge in [0, 0.05) is 19.1 Å². The molecule has 5 nitrogen and oxygen atoms in total. The van der Waals surface area contributed by atoms with E-state index in [-0.39, 0.29) is 24.4 Å². The number of carbonyl (C=O) groups excluding carboxylic acids is 1. The van der Waals surface area contributed by atoms with Crippen LogP contribution >= 0.6 is 24.1 Å². The zero-order valence-electron chi connectivity index (χ0n) is 8.13. The Bertz CT molecular complexity index is 318. The molecule has 1 atom stereocenters. The number of hydrogen-bond acceptors (Lipinski definition) is 5. The number of aromatic nitrogens is 2. The van der Waals surface area contributed by atoms with Crippen molar-refractivity contribution in [1.82, 2.24) is 13.6 Å². The number of hydrogen-bond donors (Lipinski definition) is 1. The number of piperidine rings is 1. The number of halogens is 1. The zero-order valence-corrected chi connectivity index (χ0v) is 9.76. The number of amides is 1. The Morgan fingerprint density at radius 1 is 1.67 bits per heavy atom. The SMILES string of the molecule is Cl.NC1CCCN(C(=O)c2cnsn2)C1. The van der Waals surface area contributed by atoms with Crippen molar-refractivity contribution in [2.45, 2.75) is 18.9 Å². The summed E-state index contributed by atoms with van der Waals surface area (Å²) >= 11 is 1.05. The van der Waals surface area contributed by atoms with Gasteiger partial charge in [0.05, 0.1) is 17.9 Å². The number of nitrogens with zero attached hydrogens (tertiary/aromatic N) is 3. The Kier molecular flexibility index (Phi) is 4.44. The molecule has 1 fully saturated rings. The van der Waals surface area contributed by atoms with Gasteiger partial charge in [-0.3, -0.25) is 4.79 Å². The number of carbonyl (C=O) groups is 1. The molecule has 2 rings (SSSR count). The van der Waals surface area contributed by atoms with E-state index >= 15 is 0 Å². The molecule has 7 heteroatoms. The normalized spacial score (nSPS) is 20.9. The van der Waals surface area contributed by atoms with Gasteiger partial charge in [0.1, 0.15) is 0 Å². The Labute approximate surface area is 98.4 Å². The smallest absolute Gasteiger partial charge is 0.275 e. The first-order valence-electron chi connectivity index (χ1n) is 4.60. The highest BCUT2D eigenvalue weighted by molar-refractivity contribution is 6.99. The molecular weight excluding hydrogens is 236 g/mol. The molecule has 0 saturated carbocycles. The van der Waals surface area contributed by atoms with Crippen LogP contribution in [0.4, 0.5) is 0 Å². The third-order valence-corrected chi connectivity index (χ3v) is 2.80. The van der Waals surface area contributed by atoms with Gasteiger partial charge >= 0.3 is 0 Å². The second-order valence-corrected chi connectivity index (χ2v) is 4.00. The van der Waals surface area contributed by atoms with Gasteiger partial charge in [-0.15, -0.1) is 12.4 Å². The van der Waals surface area contributed by atoms with Gasteiger partial charge < -0.3 is 10.6 Å². The fraction of sp³-hybridized carbons (Fsp3) is 0.625. The van der Waals surface area contributed by atoms with E-state index in [0.717, 1.165) is 31.1 Å². The summed E-state index contributed by atoms with van der Waals surface area (Å²) in [5.74, 6) is -0.0473. The van der Waals surface area contributed by atoms with Crippen LogP contribution in [0.2, 0.25) is 0 Å². The van der Waals surface area contributed by atoms with E-state index in [1.54, 1.807) is 4.90 Å². The lowest BCUT2D eigenvalue weighted by molar-refractivity contribution is 0.0704. The summed E-state index contributed by atoms with van der Waals surface area (Å²) in [7, 11) is 0. The Morgan fingerprint density at radius 3 is 3.07 bits per heavy atom. The van der Waals surface area contributed by atoms with Crippen molar-refractivity contribution in [1.29, 1.82) is 0 Å². The van der Waals surface area contributed by atoms with Crippen molar-refractivity contribution in [3.63, 3.8) is 0 Å². The maximum absolute atomic E-state index is 11.8. The van der Waals surface area contributed by atoms with Crippen molar-refractivity contribution in [2.75, 3.05) is 13.1 Å². The lowest BCUT2D eigenvalue weighted by atomic mass is 10.1. The fourth-order valence-corrected chi connectivity index (χ4v) is 2.02. The molecule has 1 aromatic rings. The van der Waals surface area contributed by atoms with Gasteiger partial charge in [0.15, 0.2) is 5.69 Å². The minimum absolute atomic E-state index is 0. The molecule has 1 aliphatic rings. The summed E-state index contributed by atoms with van der Waals surface area (Å²) in [4.78, 5) is 13.5. The molecule has 0 aliphatic carbocycles. The van der Waals surface area contributed by atoms with Gasteiger partial charge in [-0.2, -0.15) is 8.75 Å². The average molecular weight is 249 g/mol. The van der Waals surface area contributed by atoms with Gasteiger partial charge in [0.25, 0.3) is 5.91 Å². The van der Waals surface area contributed by atoms with Crippen LogP contribution in [0.5, 0.6) is 0 Å². The maximum atomic E-state index is 11.8. The molecule has 2 N–H and O–H groups in total. The summed E-state index contributed by atoms with van der Waals surface area (Å²) in [6, 6.07) is 0.110. The Morgan fingerprint density at radius 2 is 2.47 bits per heavy atom. The average Bonchev–Trinajstić information content (AvgIpc) is 2.69. The second-order valence-electron chi connectivity index (χ2n) is 3.45. The molecule has 0 radical (unpaired) electrons. The predicted octanol–water partition coefficient (Wildman–Crippen LogP) is 0.523. The molecule has 84 valence electrons. The first kappa shape index (κ1) is 12.4. The van der Waals surface area contributed by atoms with E-state index in [1.807, 2.05) is 0 Å². The standard InChI is InChI=1S/C8H12N4OS.ClH/c9-6-2-1-3-12(5-6)8(13)7-4-10-14-11-7;/h4,6H,1-3,5,9H2;1H. The van der Waals surface area contributed by atoms with E-state index in [2.05, 4.69) is 8.75 Å². The third-order valence-electron chi connectivity index (χ3n) is 2.33. The van der Waals surface area contributed by atoms with E-state index < -0.39 is 0 Å². The summed E-state index contributed by atoms with van der Waals surface area (Å²) in [5.41, 5.74) is 6.22. The highest BCUT2D eigenvalue weighted by atomic mass is 35.5. The first-order valence-corrected chi connectivity index (χ1v) is 5.33. The fourth-order valence-electron chi connectivity index (χ4n) is 1.62. The third kappa shape index (κ3) is 2.87. The summed E-state index contributed by atoms with van der Waals surface area (Å²) in [6.45, 7) is 1.42. The summed E-state index contributed by atoms with van der Waals surface area (Å²) < 4.78 is 7.72. The van der Waals surface area contributed by atoms with Crippen LogP contribution in [0.1, 0.15) is 23.3 Å². The minimum Gasteiger partial charge on any atom is -0.336 e. The van der Waals surface area contributed by atoms with Crippen LogP contribution < -0.4 is 5.73 Å². The van der Waals surface area contributed by atoms with E-state index in [0.29, 0.717) is 12.2 Å². The molecule has 2 heterocycles. The molecule has 0 bridgehead atoms. The number of nitrogens with two attached hydrogens (primary N) is 1. The molecule has 15 heavy (non-hydrogen) atoms. The van der Waals surface area contributed by atoms with Crippen molar-refractivity contribution < 1.29 is 4.79 Å². The monoisotopic (exact) mass is 248 g/mol. The zero-order chi connectivity index (χ0) is 9.97. The number of rotatable bonds is 1. The van der Waals surface area contributed by atoms with Crippen LogP contribution in [0, 0.1) is 0 Å². The Balaban J connectivity index is 0.00000112. The van der Waals surface area contributed by atoms with Gasteiger partial charge in [-0.1, -0.05) is 0 Å². The summed E-state index contributed by atoms with van der Waals surface area (Å²) in [6.07, 6.45) is 3.48. The van der Waals surface area contributed by atoms with Crippen LogP contribution in [0.3, 0.4) is 0 Å². The van der Waals surface area contributed by atoms with Gasteiger partial charge in [-0.05, 0) is 12.8 Å². The quantitative estimate of drug-likeness (QED) is 0.787. The minimum atomic E-state index is -0.0473.